The second-order valence-electron chi connectivity index (χ2n) is 8.01. The van der Waals surface area contributed by atoms with E-state index >= 15 is 0 Å². The first kappa shape index (κ1) is 23.5. The van der Waals surface area contributed by atoms with Gasteiger partial charge in [0.05, 0.1) is 37.1 Å². The van der Waals surface area contributed by atoms with E-state index in [0.717, 1.165) is 12.8 Å². The minimum absolute atomic E-state index is 0.140. The molecule has 0 saturated heterocycles. The van der Waals surface area contributed by atoms with E-state index in [1.807, 2.05) is 0 Å². The number of fused-ring (bicyclic) bond motifs is 1. The number of aliphatic hydroxyl groups excluding tert-OH is 3. The van der Waals surface area contributed by atoms with Gasteiger partial charge in [-0.15, -0.1) is 0 Å². The Labute approximate surface area is 186 Å². The summed E-state index contributed by atoms with van der Waals surface area (Å²) in [5, 5.41) is 33.9. The summed E-state index contributed by atoms with van der Waals surface area (Å²) < 4.78 is 17.1. The molecule has 13 nitrogen and oxygen atoms in total. The summed E-state index contributed by atoms with van der Waals surface area (Å²) in [5.41, 5.74) is 0.408. The summed E-state index contributed by atoms with van der Waals surface area (Å²) in [6.45, 7) is -0.479. The largest absolute Gasteiger partial charge is 0.391 e. The van der Waals surface area contributed by atoms with Crippen LogP contribution in [0, 0.1) is 5.92 Å². The Balaban J connectivity index is 1.61. The topological polar surface area (TPSA) is 200 Å². The number of halogens is 1. The summed E-state index contributed by atoms with van der Waals surface area (Å²) in [5.74, 6) is -1.54. The zero-order chi connectivity index (χ0) is 23.2. The summed E-state index contributed by atoms with van der Waals surface area (Å²) in [6, 6.07) is -1.51. The summed E-state index contributed by atoms with van der Waals surface area (Å²) in [4.78, 5) is 43.2. The molecule has 15 heteroatoms. The lowest BCUT2D eigenvalue weighted by Gasteiger charge is -2.18. The van der Waals surface area contributed by atoms with Gasteiger partial charge in [0.15, 0.2) is 22.8 Å². The molecular weight excluding hydrogens is 469 g/mol. The van der Waals surface area contributed by atoms with E-state index in [0.29, 0.717) is 6.42 Å². The molecule has 32 heavy (non-hydrogen) atoms. The van der Waals surface area contributed by atoms with Crippen molar-refractivity contribution in [3.05, 3.63) is 11.6 Å². The first-order valence-electron chi connectivity index (χ1n) is 9.93. The second-order valence-corrected chi connectivity index (χ2v) is 9.94. The number of ketones is 1. The highest BCUT2D eigenvalue weighted by Crippen LogP contribution is 2.38. The molecule has 2 fully saturated rings. The number of imidazole rings is 1. The minimum atomic E-state index is -4.45. The van der Waals surface area contributed by atoms with Crippen LogP contribution in [0.15, 0.2) is 6.33 Å². The van der Waals surface area contributed by atoms with Crippen molar-refractivity contribution < 1.29 is 39.2 Å². The number of carbonyl (C=O) groups excluding carboxylic acids is 1. The van der Waals surface area contributed by atoms with E-state index in [9.17, 15) is 24.7 Å². The van der Waals surface area contributed by atoms with Gasteiger partial charge in [-0.25, -0.2) is 4.98 Å². The van der Waals surface area contributed by atoms with Crippen LogP contribution in [-0.4, -0.2) is 87.7 Å². The number of hydrogen-bond acceptors (Lipinski definition) is 10. The molecule has 0 amide bonds. The van der Waals surface area contributed by atoms with Crippen LogP contribution in [0.2, 0.25) is 5.28 Å². The van der Waals surface area contributed by atoms with Crippen LogP contribution in [0.1, 0.15) is 25.3 Å². The van der Waals surface area contributed by atoms with E-state index in [2.05, 4.69) is 20.3 Å². The summed E-state index contributed by atoms with van der Waals surface area (Å²) in [7, 11) is -4.45. The minimum Gasteiger partial charge on any atom is -0.391 e. The third-order valence-electron chi connectivity index (χ3n) is 5.79. The maximum atomic E-state index is 12.9. The lowest BCUT2D eigenvalue weighted by molar-refractivity contribution is -0.126. The number of nitrogens with one attached hydrogen (secondary N) is 1. The highest BCUT2D eigenvalue weighted by Gasteiger charge is 2.50. The van der Waals surface area contributed by atoms with Crippen molar-refractivity contribution in [2.45, 2.75) is 49.7 Å². The van der Waals surface area contributed by atoms with Gasteiger partial charge in [-0.05, 0) is 30.9 Å². The van der Waals surface area contributed by atoms with Gasteiger partial charge in [0.2, 0.25) is 5.28 Å². The van der Waals surface area contributed by atoms with Crippen molar-refractivity contribution in [3.8, 4) is 0 Å². The fourth-order valence-corrected chi connectivity index (χ4v) is 4.75. The zero-order valence-corrected chi connectivity index (χ0v) is 18.3. The molecule has 6 N–H and O–H groups in total. The van der Waals surface area contributed by atoms with Gasteiger partial charge < -0.3 is 39.7 Å². The SMILES string of the molecule is O=C1[C@H](COCP(=O)(O)O)[C@H](O)[C@H](O)[C@H]1n1cnc2c(N[C@@H]3CCC[C@@H]3O)nc(Cl)nc21. The highest BCUT2D eigenvalue weighted by molar-refractivity contribution is 7.51. The average molecular weight is 492 g/mol. The van der Waals surface area contributed by atoms with Gasteiger partial charge in [0.25, 0.3) is 0 Å². The fourth-order valence-electron chi connectivity index (χ4n) is 4.24. The quantitative estimate of drug-likeness (QED) is 0.213. The monoisotopic (exact) mass is 491 g/mol. The third-order valence-corrected chi connectivity index (χ3v) is 6.48. The number of nitrogens with zero attached hydrogens (tertiary/aromatic N) is 4. The third kappa shape index (κ3) is 4.52. The van der Waals surface area contributed by atoms with E-state index in [4.69, 9.17) is 26.1 Å². The number of aromatic nitrogens is 4. The maximum Gasteiger partial charge on any atom is 0.350 e. The van der Waals surface area contributed by atoms with Crippen molar-refractivity contribution >= 4 is 42.0 Å². The van der Waals surface area contributed by atoms with Crippen molar-refractivity contribution in [1.29, 1.82) is 0 Å². The molecule has 6 atom stereocenters. The van der Waals surface area contributed by atoms with E-state index in [1.165, 1.54) is 10.9 Å². The normalized spacial score (nSPS) is 31.0. The van der Waals surface area contributed by atoms with Gasteiger partial charge in [-0.1, -0.05) is 0 Å². The van der Waals surface area contributed by atoms with Crippen LogP contribution in [-0.2, 0) is 14.1 Å². The number of aliphatic hydroxyl groups is 3. The molecule has 0 radical (unpaired) electrons. The molecule has 0 bridgehead atoms. The van der Waals surface area contributed by atoms with Gasteiger partial charge in [0, 0.05) is 0 Å². The van der Waals surface area contributed by atoms with E-state index in [-0.39, 0.29) is 28.3 Å². The second kappa shape index (κ2) is 8.92. The van der Waals surface area contributed by atoms with Gasteiger partial charge in [0.1, 0.15) is 18.5 Å². The molecule has 2 saturated carbocycles. The van der Waals surface area contributed by atoms with E-state index in [1.54, 1.807) is 0 Å². The van der Waals surface area contributed by atoms with Crippen molar-refractivity contribution in [3.63, 3.8) is 0 Å². The fraction of sp³-hybridized carbons (Fsp3) is 0.647. The van der Waals surface area contributed by atoms with Crippen LogP contribution < -0.4 is 5.32 Å². The highest BCUT2D eigenvalue weighted by atomic mass is 35.5. The lowest BCUT2D eigenvalue weighted by atomic mass is 10.1. The molecule has 176 valence electrons. The van der Waals surface area contributed by atoms with Crippen molar-refractivity contribution in [2.24, 2.45) is 5.92 Å². The number of carbonyl (C=O) groups is 1. The zero-order valence-electron chi connectivity index (χ0n) is 16.7. The Kier molecular flexibility index (Phi) is 6.54. The number of ether oxygens (including phenoxy) is 1. The molecule has 0 spiro atoms. The molecule has 0 aliphatic heterocycles. The van der Waals surface area contributed by atoms with E-state index < -0.39 is 56.6 Å². The van der Waals surface area contributed by atoms with Crippen molar-refractivity contribution in [2.75, 3.05) is 18.3 Å². The summed E-state index contributed by atoms with van der Waals surface area (Å²) in [6.07, 6.45) is -1.03. The first-order chi connectivity index (χ1) is 15.1. The van der Waals surface area contributed by atoms with Crippen molar-refractivity contribution in [1.82, 2.24) is 19.5 Å². The Morgan fingerprint density at radius 2 is 1.97 bits per heavy atom. The molecule has 0 unspecified atom stereocenters. The molecule has 4 rings (SSSR count). The Morgan fingerprint density at radius 3 is 2.62 bits per heavy atom. The van der Waals surface area contributed by atoms with Crippen LogP contribution in [0.4, 0.5) is 5.82 Å². The van der Waals surface area contributed by atoms with Crippen LogP contribution >= 0.6 is 19.2 Å². The predicted molar refractivity (Wildman–Crippen MR) is 110 cm³/mol. The first-order valence-corrected chi connectivity index (χ1v) is 12.1. The van der Waals surface area contributed by atoms with Gasteiger partial charge in [-0.3, -0.25) is 9.36 Å². The van der Waals surface area contributed by atoms with Crippen LogP contribution in [0.3, 0.4) is 0 Å². The molecule has 2 aliphatic rings. The molecule has 2 aromatic heterocycles. The van der Waals surface area contributed by atoms with Gasteiger partial charge in [-0.2, -0.15) is 9.97 Å². The lowest BCUT2D eigenvalue weighted by Crippen LogP contribution is -2.31. The Hall–Kier alpha value is -1.70. The number of hydrogen-bond donors (Lipinski definition) is 6. The number of Topliss-reactive ketones (excluding diaryl/α,β-unsaturated/α-hetero) is 1. The average Bonchev–Trinajstić information content (AvgIpc) is 3.35. The van der Waals surface area contributed by atoms with Crippen LogP contribution in [0.5, 0.6) is 0 Å². The van der Waals surface area contributed by atoms with Crippen LogP contribution in [0.25, 0.3) is 11.2 Å². The number of anilines is 1. The molecule has 2 aliphatic carbocycles. The Bertz CT molecular complexity index is 1060. The molecule has 0 aromatic carbocycles. The molecule has 2 aromatic rings. The predicted octanol–water partition coefficient (Wildman–Crippen LogP) is -0.581. The maximum absolute atomic E-state index is 12.9. The Morgan fingerprint density at radius 1 is 1.22 bits per heavy atom. The standard InChI is InChI=1S/C17H23ClN5O8P/c18-17-21-15(20-8-2-1-3-9(8)24)10-16(22-17)23(5-19-10)11-12(25)7(13(26)14(11)27)4-31-6-32(28,29)30/h5,7-9,11,13-14,24,26-27H,1-4,6H2,(H,20,21,22)(H2,28,29,30)/t7-,8+,9-,11-,13-,14+/m0/s1. The van der Waals surface area contributed by atoms with Gasteiger partial charge >= 0.3 is 7.60 Å². The number of rotatable bonds is 7. The summed E-state index contributed by atoms with van der Waals surface area (Å²) >= 11 is 6.07. The molecular formula is C17H23ClN5O8P. The molecule has 2 heterocycles. The smallest absolute Gasteiger partial charge is 0.350 e.